The average Bonchev–Trinajstić information content (AvgIpc) is 3.54. The monoisotopic (exact) mass is 630 g/mol. The highest BCUT2D eigenvalue weighted by Gasteiger charge is 2.30. The third-order valence-corrected chi connectivity index (χ3v) is 9.39. The Morgan fingerprint density at radius 3 is 2.46 bits per heavy atom. The molecule has 46 heavy (non-hydrogen) atoms. The van der Waals surface area contributed by atoms with Crippen LogP contribution in [0.25, 0.3) is 10.9 Å². The molecule has 2 aromatic heterocycles. The van der Waals surface area contributed by atoms with Gasteiger partial charge in [-0.2, -0.15) is 5.10 Å². The third-order valence-electron chi connectivity index (χ3n) is 9.39. The Bertz CT molecular complexity index is 1560. The molecule has 5 N–H and O–H groups in total. The number of aliphatic hydroxyl groups is 2. The second-order valence-electron chi connectivity index (χ2n) is 13.0. The van der Waals surface area contributed by atoms with E-state index in [9.17, 15) is 20.1 Å². The first-order chi connectivity index (χ1) is 22.3. The zero-order chi connectivity index (χ0) is 32.4. The van der Waals surface area contributed by atoms with Gasteiger partial charge in [0.25, 0.3) is 0 Å². The van der Waals surface area contributed by atoms with E-state index in [-0.39, 0.29) is 11.3 Å². The van der Waals surface area contributed by atoms with Crippen molar-refractivity contribution in [3.8, 4) is 5.75 Å². The van der Waals surface area contributed by atoms with Gasteiger partial charge >= 0.3 is 0 Å². The molecule has 0 saturated carbocycles. The molecule has 0 aliphatic carbocycles. The largest absolute Gasteiger partial charge is 0.506 e. The van der Waals surface area contributed by atoms with Gasteiger partial charge in [-0.05, 0) is 88.0 Å². The first kappa shape index (κ1) is 33.8. The van der Waals surface area contributed by atoms with Crippen molar-refractivity contribution >= 4 is 10.9 Å². The fourth-order valence-electron chi connectivity index (χ4n) is 6.52. The quantitative estimate of drug-likeness (QED) is 0.104. The van der Waals surface area contributed by atoms with Crippen LogP contribution in [0.3, 0.4) is 0 Å². The van der Waals surface area contributed by atoms with E-state index in [1.165, 1.54) is 70.0 Å². The molecule has 248 valence electrons. The van der Waals surface area contributed by atoms with Crippen molar-refractivity contribution < 1.29 is 15.3 Å². The minimum atomic E-state index is -1.20. The summed E-state index contributed by atoms with van der Waals surface area (Å²) in [7, 11) is 0. The second-order valence-corrected chi connectivity index (χ2v) is 13.0. The molecule has 1 saturated heterocycles. The lowest BCUT2D eigenvalue weighted by molar-refractivity contribution is 0.0915. The molecule has 1 aliphatic heterocycles. The normalized spacial score (nSPS) is 16.5. The fraction of sp³-hybridized carbons (Fsp3) is 0.528. The maximum Gasteiger partial charge on any atom is 0.248 e. The number of aromatic hydroxyl groups is 1. The van der Waals surface area contributed by atoms with Crippen molar-refractivity contribution in [2.45, 2.75) is 83.0 Å². The molecule has 0 spiro atoms. The van der Waals surface area contributed by atoms with Crippen LogP contribution in [-0.4, -0.2) is 72.7 Å². The van der Waals surface area contributed by atoms with Crippen LogP contribution in [-0.2, 0) is 12.1 Å². The van der Waals surface area contributed by atoms with Crippen molar-refractivity contribution in [3.63, 3.8) is 0 Å². The predicted octanol–water partition coefficient (Wildman–Crippen LogP) is 4.85. The molecule has 4 aromatic rings. The molecular formula is C36H50N6O4. The molecule has 0 radical (unpaired) electrons. The Balaban J connectivity index is 0.878. The Morgan fingerprint density at radius 1 is 0.978 bits per heavy atom. The average molecular weight is 631 g/mol. The number of rotatable bonds is 17. The number of aromatic amines is 1. The molecule has 0 bridgehead atoms. The van der Waals surface area contributed by atoms with Crippen LogP contribution < -0.4 is 10.9 Å². The summed E-state index contributed by atoms with van der Waals surface area (Å²) in [5, 5.41) is 40.4. The van der Waals surface area contributed by atoms with Crippen LogP contribution in [0.1, 0.15) is 87.8 Å². The van der Waals surface area contributed by atoms with Gasteiger partial charge in [0.2, 0.25) is 5.56 Å². The molecule has 2 aromatic carbocycles. The lowest BCUT2D eigenvalue weighted by atomic mass is 9.95. The van der Waals surface area contributed by atoms with E-state index in [0.29, 0.717) is 34.8 Å². The minimum Gasteiger partial charge on any atom is -0.506 e. The highest BCUT2D eigenvalue weighted by molar-refractivity contribution is 5.87. The Kier molecular flexibility index (Phi) is 12.0. The van der Waals surface area contributed by atoms with Crippen LogP contribution in [0.4, 0.5) is 0 Å². The summed E-state index contributed by atoms with van der Waals surface area (Å²) < 4.78 is 1.90. The second kappa shape index (κ2) is 16.3. The molecular weight excluding hydrogens is 580 g/mol. The topological polar surface area (TPSA) is 140 Å². The predicted molar refractivity (Wildman–Crippen MR) is 181 cm³/mol. The number of phenols is 1. The number of likely N-dealkylation sites (tertiary alicyclic amines) is 1. The maximum atomic E-state index is 11.6. The third kappa shape index (κ3) is 9.03. The Labute approximate surface area is 271 Å². The standard InChI is InChI=1S/C36H50N6O4/c1-36(46,28-12-8-7-9-13-28)35-38-26-42(40-35)25-27-18-22-41(23-19-27)21-11-6-4-2-3-5-10-20-37-24-32(44)29-14-16-31(43)34-30(29)15-17-33(45)39-34/h7-9,12-17,26-27,32,37,43-44,46H,2-6,10-11,18-25H2,1H3,(H,39,45). The van der Waals surface area contributed by atoms with Crippen molar-refractivity contribution in [3.05, 3.63) is 88.2 Å². The molecule has 10 heteroatoms. The van der Waals surface area contributed by atoms with Gasteiger partial charge in [0.15, 0.2) is 5.82 Å². The smallest absolute Gasteiger partial charge is 0.248 e. The van der Waals surface area contributed by atoms with E-state index in [1.54, 1.807) is 25.4 Å². The van der Waals surface area contributed by atoms with Crippen LogP contribution in [0, 0.1) is 5.92 Å². The summed E-state index contributed by atoms with van der Waals surface area (Å²) in [5.74, 6) is 1.04. The van der Waals surface area contributed by atoms with Crippen LogP contribution in [0.15, 0.2) is 65.7 Å². The fourth-order valence-corrected chi connectivity index (χ4v) is 6.52. The molecule has 1 fully saturated rings. The summed E-state index contributed by atoms with van der Waals surface area (Å²) in [6.07, 6.45) is 11.9. The highest BCUT2D eigenvalue weighted by Crippen LogP contribution is 2.29. The number of benzene rings is 2. The first-order valence-corrected chi connectivity index (χ1v) is 16.9. The van der Waals surface area contributed by atoms with E-state index >= 15 is 0 Å². The summed E-state index contributed by atoms with van der Waals surface area (Å²) in [4.78, 5) is 21.3. The van der Waals surface area contributed by atoms with Crippen LogP contribution in [0.5, 0.6) is 5.75 Å². The number of nitrogens with zero attached hydrogens (tertiary/aromatic N) is 4. The van der Waals surface area contributed by atoms with Gasteiger partial charge in [0.1, 0.15) is 17.7 Å². The maximum absolute atomic E-state index is 11.6. The van der Waals surface area contributed by atoms with E-state index in [2.05, 4.69) is 25.3 Å². The molecule has 5 rings (SSSR count). The highest BCUT2D eigenvalue weighted by atomic mass is 16.3. The summed E-state index contributed by atoms with van der Waals surface area (Å²) in [5.41, 5.74) is 0.368. The van der Waals surface area contributed by atoms with Gasteiger partial charge in [-0.25, -0.2) is 4.98 Å². The first-order valence-electron chi connectivity index (χ1n) is 16.9. The summed E-state index contributed by atoms with van der Waals surface area (Å²) in [6.45, 7) is 7.33. The molecule has 3 heterocycles. The zero-order valence-corrected chi connectivity index (χ0v) is 27.1. The Hall–Kier alpha value is -3.57. The van der Waals surface area contributed by atoms with E-state index in [0.717, 1.165) is 38.2 Å². The number of hydrogen-bond donors (Lipinski definition) is 5. The SMILES string of the molecule is CC(O)(c1ccccc1)c1ncn(CC2CCN(CCCCCCCCCNCC(O)c3ccc(O)c4[nH]c(=O)ccc34)CC2)n1. The summed E-state index contributed by atoms with van der Waals surface area (Å²) >= 11 is 0. The van der Waals surface area contributed by atoms with E-state index < -0.39 is 11.7 Å². The number of H-pyrrole nitrogens is 1. The van der Waals surface area contributed by atoms with Crippen molar-refractivity contribution in [1.29, 1.82) is 0 Å². The number of phenolic OH excluding ortho intramolecular Hbond substituents is 1. The molecule has 1 aliphatic rings. The number of aromatic nitrogens is 4. The van der Waals surface area contributed by atoms with Gasteiger partial charge in [-0.3, -0.25) is 9.48 Å². The number of unbranched alkanes of at least 4 members (excludes halogenated alkanes) is 6. The van der Waals surface area contributed by atoms with Gasteiger partial charge in [0.05, 0.1) is 11.6 Å². The van der Waals surface area contributed by atoms with Crippen LogP contribution >= 0.6 is 0 Å². The summed E-state index contributed by atoms with van der Waals surface area (Å²) in [6, 6.07) is 15.9. The zero-order valence-electron chi connectivity index (χ0n) is 27.1. The lowest BCUT2D eigenvalue weighted by Gasteiger charge is -2.31. The van der Waals surface area contributed by atoms with Gasteiger partial charge in [-0.1, -0.05) is 68.5 Å². The van der Waals surface area contributed by atoms with Gasteiger partial charge in [-0.15, -0.1) is 0 Å². The van der Waals surface area contributed by atoms with Crippen molar-refractivity contribution in [2.75, 3.05) is 32.7 Å². The molecule has 10 nitrogen and oxygen atoms in total. The van der Waals surface area contributed by atoms with E-state index in [4.69, 9.17) is 0 Å². The number of pyridine rings is 1. The van der Waals surface area contributed by atoms with E-state index in [1.807, 2.05) is 35.0 Å². The number of hydrogen-bond acceptors (Lipinski definition) is 8. The Morgan fingerprint density at radius 2 is 1.70 bits per heavy atom. The van der Waals surface area contributed by atoms with Crippen LogP contribution in [0.2, 0.25) is 0 Å². The minimum absolute atomic E-state index is 0.00301. The number of piperidine rings is 1. The van der Waals surface area contributed by atoms with Gasteiger partial charge < -0.3 is 30.5 Å². The lowest BCUT2D eigenvalue weighted by Crippen LogP contribution is -2.35. The molecule has 2 atom stereocenters. The number of fused-ring (bicyclic) bond motifs is 1. The molecule has 2 unspecified atom stereocenters. The number of aliphatic hydroxyl groups excluding tert-OH is 1. The molecule has 0 amide bonds. The number of nitrogens with one attached hydrogen (secondary N) is 2. The van der Waals surface area contributed by atoms with Crippen molar-refractivity contribution in [2.24, 2.45) is 5.92 Å². The van der Waals surface area contributed by atoms with Gasteiger partial charge in [0, 0.05) is 24.5 Å². The van der Waals surface area contributed by atoms with Crippen molar-refractivity contribution in [1.82, 2.24) is 30.0 Å².